The molecule has 0 radical (unpaired) electrons. The zero-order chi connectivity index (χ0) is 15.1. The molecule has 0 N–H and O–H groups in total. The number of hydrogen-bond donors (Lipinski definition) is 0. The number of esters is 1. The lowest BCUT2D eigenvalue weighted by Crippen LogP contribution is -2.42. The summed E-state index contributed by atoms with van der Waals surface area (Å²) in [7, 11) is -0.403. The maximum absolute atomic E-state index is 11.8. The summed E-state index contributed by atoms with van der Waals surface area (Å²) in [5, 5.41) is 0. The van der Waals surface area contributed by atoms with Crippen LogP contribution in [0.2, 0.25) is 18.1 Å². The van der Waals surface area contributed by atoms with E-state index in [0.717, 1.165) is 23.7 Å². The van der Waals surface area contributed by atoms with Crippen LogP contribution < -0.4 is 0 Å². The molecule has 1 atom stereocenters. The Labute approximate surface area is 131 Å². The van der Waals surface area contributed by atoms with Gasteiger partial charge in [-0.05, 0) is 34.7 Å². The summed E-state index contributed by atoms with van der Waals surface area (Å²) >= 11 is 2.06. The van der Waals surface area contributed by atoms with Crippen molar-refractivity contribution >= 4 is 36.9 Å². The fourth-order valence-electron chi connectivity index (χ4n) is 2.01. The Balaban J connectivity index is 5.34. The monoisotopic (exact) mass is 396 g/mol. The van der Waals surface area contributed by atoms with E-state index in [1.54, 1.807) is 4.08 Å². The number of ether oxygens (including phenoxy) is 1. The Bertz CT molecular complexity index is 340. The first kappa shape index (κ1) is 18.9. The van der Waals surface area contributed by atoms with Crippen molar-refractivity contribution in [2.45, 2.75) is 51.9 Å². The molecule has 0 saturated heterocycles. The van der Waals surface area contributed by atoms with Gasteiger partial charge in [0.2, 0.25) is 0 Å². The molecule has 1 unspecified atom stereocenters. The molecule has 0 aromatic rings. The van der Waals surface area contributed by atoms with Crippen LogP contribution >= 0.6 is 22.6 Å². The molecule has 0 heterocycles. The predicted octanol–water partition coefficient (Wildman–Crippen LogP) is 4.44. The van der Waals surface area contributed by atoms with Crippen molar-refractivity contribution < 1.29 is 14.0 Å². The van der Waals surface area contributed by atoms with E-state index >= 15 is 0 Å². The fourth-order valence-corrected chi connectivity index (χ4v) is 5.42. The highest BCUT2D eigenvalue weighted by molar-refractivity contribution is 14.1. The van der Waals surface area contributed by atoms with Gasteiger partial charge in [0.1, 0.15) is 0 Å². The molecule has 0 rings (SSSR count). The molecule has 0 aliphatic heterocycles. The number of halogens is 1. The van der Waals surface area contributed by atoms with Gasteiger partial charge in [-0.15, -0.1) is 0 Å². The normalized spacial score (nSPS) is 14.1. The summed E-state index contributed by atoms with van der Waals surface area (Å²) in [5.74, 6) is -0.339. The van der Waals surface area contributed by atoms with Crippen molar-refractivity contribution in [2.24, 2.45) is 0 Å². The number of hydrogen-bond acceptors (Lipinski definition) is 3. The van der Waals surface area contributed by atoms with Crippen LogP contribution in [0.3, 0.4) is 0 Å². The van der Waals surface area contributed by atoms with E-state index in [1.807, 2.05) is 6.92 Å². The maximum Gasteiger partial charge on any atom is 0.337 e. The lowest BCUT2D eigenvalue weighted by atomic mass is 10.1. The molecular weight excluding hydrogens is 371 g/mol. The van der Waals surface area contributed by atoms with Crippen molar-refractivity contribution in [3.05, 3.63) is 21.8 Å². The summed E-state index contributed by atoms with van der Waals surface area (Å²) in [6.07, 6.45) is -0.351. The molecular formula is C14H25IO3Si. The van der Waals surface area contributed by atoms with Gasteiger partial charge in [-0.25, -0.2) is 4.79 Å². The van der Waals surface area contributed by atoms with Crippen molar-refractivity contribution in [3.63, 3.8) is 0 Å². The molecule has 0 aliphatic carbocycles. The van der Waals surface area contributed by atoms with E-state index < -0.39 is 8.32 Å². The van der Waals surface area contributed by atoms with E-state index in [-0.39, 0.29) is 12.1 Å². The first-order valence-electron chi connectivity index (χ1n) is 6.63. The Kier molecular flexibility index (Phi) is 8.85. The smallest absolute Gasteiger partial charge is 0.337 e. The third kappa shape index (κ3) is 5.04. The fraction of sp³-hybridized carbons (Fsp3) is 0.643. The first-order valence-corrected chi connectivity index (χ1v) is 10.4. The highest BCUT2D eigenvalue weighted by Crippen LogP contribution is 2.29. The number of carbonyl (C=O) groups excluding carboxylic acids is 1. The van der Waals surface area contributed by atoms with Crippen LogP contribution in [-0.2, 0) is 14.0 Å². The summed E-state index contributed by atoms with van der Waals surface area (Å²) in [6, 6.07) is 3.12. The van der Waals surface area contributed by atoms with Crippen LogP contribution in [-0.4, -0.2) is 27.5 Å². The van der Waals surface area contributed by atoms with E-state index in [4.69, 9.17) is 9.16 Å². The van der Waals surface area contributed by atoms with Gasteiger partial charge in [0.05, 0.1) is 18.8 Å². The molecule has 0 spiro atoms. The number of carbonyl (C=O) groups is 1. The Morgan fingerprint density at radius 3 is 2.05 bits per heavy atom. The van der Waals surface area contributed by atoms with Crippen LogP contribution in [0.5, 0.6) is 0 Å². The average molecular weight is 396 g/mol. The second kappa shape index (κ2) is 8.92. The zero-order valence-corrected chi connectivity index (χ0v) is 15.7. The van der Waals surface area contributed by atoms with Crippen LogP contribution in [0.4, 0.5) is 0 Å². The van der Waals surface area contributed by atoms with Crippen molar-refractivity contribution in [1.29, 1.82) is 0 Å². The standard InChI is InChI=1S/C14H25IO3Si/c1-7-19(8-2,9-3)18-13(11(4)5)12(10-15)14(16)17-6/h10,13H,4,7-9H2,1-3,5-6H3/b12-10-. The van der Waals surface area contributed by atoms with Gasteiger partial charge in [0.15, 0.2) is 8.32 Å². The van der Waals surface area contributed by atoms with Crippen molar-refractivity contribution in [2.75, 3.05) is 7.11 Å². The van der Waals surface area contributed by atoms with E-state index in [9.17, 15) is 4.79 Å². The summed E-state index contributed by atoms with van der Waals surface area (Å²) in [6.45, 7) is 12.4. The van der Waals surface area contributed by atoms with E-state index in [2.05, 4.69) is 49.9 Å². The largest absolute Gasteiger partial charge is 0.466 e. The minimum atomic E-state index is -1.79. The predicted molar refractivity (Wildman–Crippen MR) is 91.0 cm³/mol. The second-order valence-electron chi connectivity index (χ2n) is 4.64. The highest BCUT2D eigenvalue weighted by Gasteiger charge is 2.35. The van der Waals surface area contributed by atoms with Gasteiger partial charge >= 0.3 is 5.97 Å². The average Bonchev–Trinajstić information content (AvgIpc) is 2.43. The molecule has 0 fully saturated rings. The van der Waals surface area contributed by atoms with Gasteiger partial charge in [-0.2, -0.15) is 0 Å². The van der Waals surface area contributed by atoms with Crippen LogP contribution in [0.25, 0.3) is 0 Å². The van der Waals surface area contributed by atoms with Gasteiger partial charge in [0.25, 0.3) is 0 Å². The zero-order valence-electron chi connectivity index (χ0n) is 12.6. The minimum absolute atomic E-state index is 0.339. The SMILES string of the molecule is C=C(C)C(O[Si](CC)(CC)CC)/C(=C/I)C(=O)OC. The van der Waals surface area contributed by atoms with E-state index in [1.165, 1.54) is 7.11 Å². The van der Waals surface area contributed by atoms with Gasteiger partial charge < -0.3 is 9.16 Å². The Morgan fingerprint density at radius 1 is 1.32 bits per heavy atom. The molecule has 5 heteroatoms. The summed E-state index contributed by atoms with van der Waals surface area (Å²) in [4.78, 5) is 11.8. The third-order valence-electron chi connectivity index (χ3n) is 3.57. The Morgan fingerprint density at radius 2 is 1.79 bits per heavy atom. The molecule has 3 nitrogen and oxygen atoms in total. The lowest BCUT2D eigenvalue weighted by Gasteiger charge is -2.34. The van der Waals surface area contributed by atoms with Crippen molar-refractivity contribution in [1.82, 2.24) is 0 Å². The lowest BCUT2D eigenvalue weighted by molar-refractivity contribution is -0.136. The molecule has 0 bridgehead atoms. The second-order valence-corrected chi connectivity index (χ2v) is 9.99. The van der Waals surface area contributed by atoms with Gasteiger partial charge in [-0.1, -0.05) is 49.9 Å². The third-order valence-corrected chi connectivity index (χ3v) is 8.84. The van der Waals surface area contributed by atoms with Crippen molar-refractivity contribution in [3.8, 4) is 0 Å². The Hall–Kier alpha value is -0.143. The van der Waals surface area contributed by atoms with Gasteiger partial charge in [0, 0.05) is 0 Å². The molecule has 110 valence electrons. The first-order chi connectivity index (χ1) is 8.91. The molecule has 0 aromatic carbocycles. The quantitative estimate of drug-likeness (QED) is 0.200. The summed E-state index contributed by atoms with van der Waals surface area (Å²) < 4.78 is 13.0. The highest BCUT2D eigenvalue weighted by atomic mass is 127. The number of rotatable bonds is 8. The molecule has 19 heavy (non-hydrogen) atoms. The van der Waals surface area contributed by atoms with Crippen LogP contribution in [0, 0.1) is 0 Å². The summed E-state index contributed by atoms with van der Waals surface area (Å²) in [5.41, 5.74) is 1.39. The minimum Gasteiger partial charge on any atom is -0.466 e. The van der Waals surface area contributed by atoms with Crippen LogP contribution in [0.15, 0.2) is 21.8 Å². The van der Waals surface area contributed by atoms with E-state index in [0.29, 0.717) is 5.57 Å². The maximum atomic E-state index is 11.8. The van der Waals surface area contributed by atoms with Crippen LogP contribution in [0.1, 0.15) is 27.7 Å². The topological polar surface area (TPSA) is 35.5 Å². The molecule has 0 amide bonds. The van der Waals surface area contributed by atoms with Gasteiger partial charge in [-0.3, -0.25) is 0 Å². The molecule has 0 aromatic heterocycles. The molecule has 0 saturated carbocycles. The molecule has 0 aliphatic rings. The number of methoxy groups -OCH3 is 1.